The van der Waals surface area contributed by atoms with E-state index in [0.717, 1.165) is 19.3 Å². The number of unbranched alkanes of at least 4 members (excludes halogenated alkanes) is 4. The van der Waals surface area contributed by atoms with Gasteiger partial charge in [-0.3, -0.25) is 7.32 Å². The molecule has 0 N–H and O–H groups in total. The molecule has 0 aromatic carbocycles. The number of carboxylic acids is 1. The fourth-order valence-corrected chi connectivity index (χ4v) is 0.873. The first-order chi connectivity index (χ1) is 6.50. The van der Waals surface area contributed by atoms with Crippen LogP contribution in [-0.2, 0) is 37.8 Å². The standard InChI is InChI=1S/C8H16O2.BO3.2Ni/c1-2-3-4-5-6-7-8(9)10;2-1(3)4;;/h2-7H2,1H3,(H,9,10);;;/q;-3;2*+2/p-1. The van der Waals surface area contributed by atoms with Gasteiger partial charge in [0.1, 0.15) is 0 Å². The van der Waals surface area contributed by atoms with Crippen molar-refractivity contribution in [2.24, 2.45) is 0 Å². The molecule has 100 valence electrons. The van der Waals surface area contributed by atoms with Crippen molar-refractivity contribution in [1.29, 1.82) is 0 Å². The second kappa shape index (κ2) is 20.8. The largest absolute Gasteiger partial charge is 2.00 e. The van der Waals surface area contributed by atoms with Gasteiger partial charge in [-0.15, -0.1) is 0 Å². The first-order valence-corrected chi connectivity index (χ1v) is 4.68. The molecule has 0 heterocycles. The van der Waals surface area contributed by atoms with Gasteiger partial charge in [-0.1, -0.05) is 32.6 Å². The maximum Gasteiger partial charge on any atom is 2.00 e. The third kappa shape index (κ3) is 47.2. The van der Waals surface area contributed by atoms with Crippen LogP contribution < -0.4 is 20.2 Å². The molecule has 0 aliphatic rings. The second-order valence-corrected chi connectivity index (χ2v) is 2.82. The average Bonchev–Trinajstić information content (AvgIpc) is 2.02. The minimum Gasteiger partial charge on any atom is -0.907 e. The summed E-state index contributed by atoms with van der Waals surface area (Å²) >= 11 is 0. The Morgan fingerprint density at radius 3 is 1.69 bits per heavy atom. The van der Waals surface area contributed by atoms with Crippen LogP contribution in [0.2, 0.25) is 0 Å². The number of carbonyl (C=O) groups excluding carboxylic acids is 1. The Morgan fingerprint density at radius 1 is 1.00 bits per heavy atom. The molecule has 0 saturated carbocycles. The van der Waals surface area contributed by atoms with Crippen molar-refractivity contribution in [2.75, 3.05) is 0 Å². The number of aliphatic carboxylic acids is 1. The fraction of sp³-hybridized carbons (Fsp3) is 0.875. The van der Waals surface area contributed by atoms with Crippen LogP contribution in [0, 0.1) is 0 Å². The molecular formula is C8H15BNi2O5. The van der Waals surface area contributed by atoms with Gasteiger partial charge in [0.2, 0.25) is 0 Å². The van der Waals surface area contributed by atoms with Crippen molar-refractivity contribution in [3.05, 3.63) is 0 Å². The molecular weight excluding hydrogens is 304 g/mol. The zero-order chi connectivity index (χ0) is 11.4. The molecule has 5 nitrogen and oxygen atoms in total. The third-order valence-corrected chi connectivity index (χ3v) is 1.48. The van der Waals surface area contributed by atoms with Crippen molar-refractivity contribution >= 4 is 13.3 Å². The predicted octanol–water partition coefficient (Wildman–Crippen LogP) is -2.86. The number of hydrogen-bond acceptors (Lipinski definition) is 5. The Hall–Kier alpha value is 0.402. The Balaban J connectivity index is -0.000000105. The molecule has 0 aromatic heterocycles. The van der Waals surface area contributed by atoms with Crippen molar-refractivity contribution in [3.63, 3.8) is 0 Å². The smallest absolute Gasteiger partial charge is 0.907 e. The summed E-state index contributed by atoms with van der Waals surface area (Å²) in [6, 6.07) is 0. The van der Waals surface area contributed by atoms with Gasteiger partial charge in [0.15, 0.2) is 0 Å². The number of carboxylic acid groups (broad SMARTS) is 1. The molecule has 0 spiro atoms. The van der Waals surface area contributed by atoms with Crippen molar-refractivity contribution in [3.8, 4) is 0 Å². The Bertz CT molecular complexity index is 135. The maximum atomic E-state index is 9.92. The van der Waals surface area contributed by atoms with Crippen LogP contribution in [0.4, 0.5) is 0 Å². The van der Waals surface area contributed by atoms with E-state index in [9.17, 15) is 9.90 Å². The van der Waals surface area contributed by atoms with Crippen LogP contribution >= 0.6 is 0 Å². The molecule has 0 bridgehead atoms. The predicted molar refractivity (Wildman–Crippen MR) is 44.1 cm³/mol. The van der Waals surface area contributed by atoms with Crippen molar-refractivity contribution in [1.82, 2.24) is 0 Å². The molecule has 0 aliphatic carbocycles. The molecule has 0 fully saturated rings. The SMILES string of the molecule is CCCCCCCC(=O)[O-].[Ni+2].[Ni+2].[O-]B([O-])[O-]. The molecule has 0 rings (SSSR count). The van der Waals surface area contributed by atoms with Crippen LogP contribution in [0.15, 0.2) is 0 Å². The van der Waals surface area contributed by atoms with E-state index in [2.05, 4.69) is 6.92 Å². The summed E-state index contributed by atoms with van der Waals surface area (Å²) in [7, 11) is -2.92. The van der Waals surface area contributed by atoms with Crippen LogP contribution in [0.3, 0.4) is 0 Å². The summed E-state index contributed by atoms with van der Waals surface area (Å²) < 4.78 is 0. The second-order valence-electron chi connectivity index (χ2n) is 2.82. The maximum absolute atomic E-state index is 9.92. The molecule has 8 heteroatoms. The van der Waals surface area contributed by atoms with Gasteiger partial charge in [0, 0.05) is 5.97 Å². The fourth-order valence-electron chi connectivity index (χ4n) is 0.873. The summed E-state index contributed by atoms with van der Waals surface area (Å²) in [4.78, 5) is 9.92. The minimum absolute atomic E-state index is 0. The zero-order valence-electron chi connectivity index (χ0n) is 8.99. The summed E-state index contributed by atoms with van der Waals surface area (Å²) in [5, 5.41) is 35.2. The van der Waals surface area contributed by atoms with Gasteiger partial charge in [-0.2, -0.15) is 0 Å². The topological polar surface area (TPSA) is 109 Å². The number of hydrogen-bond donors (Lipinski definition) is 0. The van der Waals surface area contributed by atoms with E-state index < -0.39 is 13.3 Å². The molecule has 0 radical (unpaired) electrons. The van der Waals surface area contributed by atoms with E-state index >= 15 is 0 Å². The summed E-state index contributed by atoms with van der Waals surface area (Å²) in [5.74, 6) is -0.920. The van der Waals surface area contributed by atoms with Gasteiger partial charge in [-0.05, 0) is 12.8 Å². The summed E-state index contributed by atoms with van der Waals surface area (Å²) in [6.07, 6.45) is 5.61. The van der Waals surface area contributed by atoms with Crippen molar-refractivity contribution < 1.29 is 58.0 Å². The van der Waals surface area contributed by atoms with Crippen molar-refractivity contribution in [2.45, 2.75) is 45.4 Å². The van der Waals surface area contributed by atoms with E-state index in [1.54, 1.807) is 0 Å². The Labute approximate surface area is 117 Å². The zero-order valence-corrected chi connectivity index (χ0v) is 11.0. The number of rotatable bonds is 6. The monoisotopic (exact) mass is 318 g/mol. The van der Waals surface area contributed by atoms with Crippen LogP contribution in [0.25, 0.3) is 0 Å². The molecule has 0 unspecified atom stereocenters. The molecule has 0 amide bonds. The van der Waals surface area contributed by atoms with Crippen LogP contribution in [0.5, 0.6) is 0 Å². The van der Waals surface area contributed by atoms with Gasteiger partial charge >= 0.3 is 33.0 Å². The molecule has 16 heavy (non-hydrogen) atoms. The third-order valence-electron chi connectivity index (χ3n) is 1.48. The quantitative estimate of drug-likeness (QED) is 0.386. The van der Waals surface area contributed by atoms with E-state index in [4.69, 9.17) is 15.1 Å². The summed E-state index contributed by atoms with van der Waals surface area (Å²) in [5.41, 5.74) is 0. The molecule has 0 saturated heterocycles. The first kappa shape index (κ1) is 25.3. The van der Waals surface area contributed by atoms with E-state index in [0.29, 0.717) is 0 Å². The average molecular weight is 319 g/mol. The van der Waals surface area contributed by atoms with E-state index in [1.165, 1.54) is 12.8 Å². The van der Waals surface area contributed by atoms with Crippen LogP contribution in [-0.4, -0.2) is 13.3 Å². The molecule has 0 aromatic rings. The van der Waals surface area contributed by atoms with Gasteiger partial charge in [-0.25, -0.2) is 0 Å². The Kier molecular flexibility index (Phi) is 32.8. The normalized spacial score (nSPS) is 7.75. The summed E-state index contributed by atoms with van der Waals surface area (Å²) in [6.45, 7) is 2.14. The van der Waals surface area contributed by atoms with Gasteiger partial charge < -0.3 is 25.0 Å². The van der Waals surface area contributed by atoms with E-state index in [-0.39, 0.29) is 39.4 Å². The van der Waals surface area contributed by atoms with Gasteiger partial charge in [0.05, 0.1) is 0 Å². The molecule has 0 aliphatic heterocycles. The number of carbonyl (C=O) groups is 1. The Morgan fingerprint density at radius 2 is 1.38 bits per heavy atom. The van der Waals surface area contributed by atoms with E-state index in [1.807, 2.05) is 0 Å². The minimum atomic E-state index is -2.92. The van der Waals surface area contributed by atoms with Gasteiger partial charge in [0.25, 0.3) is 0 Å². The molecule has 0 atom stereocenters. The van der Waals surface area contributed by atoms with Crippen LogP contribution in [0.1, 0.15) is 45.4 Å². The first-order valence-electron chi connectivity index (χ1n) is 4.68.